The zero-order valence-electron chi connectivity index (χ0n) is 12.6. The van der Waals surface area contributed by atoms with E-state index in [2.05, 4.69) is 22.4 Å². The van der Waals surface area contributed by atoms with E-state index in [0.29, 0.717) is 12.0 Å². The molecule has 2 aliphatic rings. The van der Waals surface area contributed by atoms with Crippen LogP contribution in [0.1, 0.15) is 88.4 Å². The van der Waals surface area contributed by atoms with Crippen molar-refractivity contribution in [1.82, 2.24) is 15.5 Å². The largest absolute Gasteiger partial charge is 0.338 e. The average molecular weight is 277 g/mol. The lowest BCUT2D eigenvalue weighted by Gasteiger charge is -2.26. The van der Waals surface area contributed by atoms with Gasteiger partial charge in [0.1, 0.15) is 0 Å². The first kappa shape index (κ1) is 14.1. The summed E-state index contributed by atoms with van der Waals surface area (Å²) in [4.78, 5) is 4.69. The van der Waals surface area contributed by atoms with Crippen LogP contribution in [0.4, 0.5) is 0 Å². The molecular weight excluding hydrogens is 250 g/mol. The van der Waals surface area contributed by atoms with E-state index < -0.39 is 0 Å². The van der Waals surface area contributed by atoms with Gasteiger partial charge in [0, 0.05) is 5.92 Å². The summed E-state index contributed by atoms with van der Waals surface area (Å²) >= 11 is 0. The summed E-state index contributed by atoms with van der Waals surface area (Å²) in [5, 5.41) is 7.74. The Morgan fingerprint density at radius 1 is 1.15 bits per heavy atom. The number of piperidine rings is 1. The summed E-state index contributed by atoms with van der Waals surface area (Å²) in [6.07, 6.45) is 11.5. The second-order valence-corrected chi connectivity index (χ2v) is 6.50. The first-order valence-corrected chi connectivity index (χ1v) is 8.43. The van der Waals surface area contributed by atoms with Gasteiger partial charge in [-0.3, -0.25) is 0 Å². The molecule has 1 saturated carbocycles. The van der Waals surface area contributed by atoms with Crippen molar-refractivity contribution in [3.8, 4) is 0 Å². The van der Waals surface area contributed by atoms with Gasteiger partial charge in [-0.15, -0.1) is 0 Å². The number of nitrogens with one attached hydrogen (secondary N) is 1. The smallest absolute Gasteiger partial charge is 0.243 e. The summed E-state index contributed by atoms with van der Waals surface area (Å²) < 4.78 is 5.51. The Morgan fingerprint density at radius 3 is 2.70 bits per heavy atom. The highest BCUT2D eigenvalue weighted by Crippen LogP contribution is 2.36. The second kappa shape index (κ2) is 6.70. The van der Waals surface area contributed by atoms with Crippen LogP contribution in [0.15, 0.2) is 4.52 Å². The Kier molecular flexibility index (Phi) is 4.71. The molecule has 1 aliphatic carbocycles. The SMILES string of the molecule is CCCC1CCC(c2noc([C@H]3CCCCN3)n2)CC1. The molecule has 2 fully saturated rings. The van der Waals surface area contributed by atoms with E-state index in [-0.39, 0.29) is 0 Å². The van der Waals surface area contributed by atoms with Gasteiger partial charge < -0.3 is 9.84 Å². The Bertz CT molecular complexity index is 404. The van der Waals surface area contributed by atoms with Crippen molar-refractivity contribution in [3.05, 3.63) is 11.7 Å². The maximum absolute atomic E-state index is 5.51. The van der Waals surface area contributed by atoms with Gasteiger partial charge >= 0.3 is 0 Å². The van der Waals surface area contributed by atoms with E-state index in [0.717, 1.165) is 30.6 Å². The molecule has 3 rings (SSSR count). The van der Waals surface area contributed by atoms with Gasteiger partial charge in [-0.1, -0.05) is 31.3 Å². The summed E-state index contributed by atoms with van der Waals surface area (Å²) in [5.41, 5.74) is 0. The minimum atomic E-state index is 0.293. The third-order valence-corrected chi connectivity index (χ3v) is 4.97. The monoisotopic (exact) mass is 277 g/mol. The standard InChI is InChI=1S/C16H27N3O/c1-2-5-12-7-9-13(10-8-12)15-18-16(20-19-15)14-6-3-4-11-17-14/h12-14,17H,2-11H2,1H3/t12?,13?,14-/m1/s1. The summed E-state index contributed by atoms with van der Waals surface area (Å²) in [6.45, 7) is 3.36. The molecule has 0 bridgehead atoms. The summed E-state index contributed by atoms with van der Waals surface area (Å²) in [6, 6.07) is 0.293. The van der Waals surface area contributed by atoms with Gasteiger partial charge in [-0.25, -0.2) is 0 Å². The van der Waals surface area contributed by atoms with Crippen molar-refractivity contribution in [2.24, 2.45) is 5.92 Å². The molecule has 1 aromatic rings. The van der Waals surface area contributed by atoms with Crippen LogP contribution < -0.4 is 5.32 Å². The van der Waals surface area contributed by atoms with Gasteiger partial charge in [-0.2, -0.15) is 4.98 Å². The van der Waals surface area contributed by atoms with Crippen molar-refractivity contribution in [2.75, 3.05) is 6.54 Å². The maximum atomic E-state index is 5.51. The van der Waals surface area contributed by atoms with Crippen molar-refractivity contribution in [2.45, 2.75) is 76.7 Å². The number of hydrogen-bond donors (Lipinski definition) is 1. The molecule has 0 radical (unpaired) electrons. The van der Waals surface area contributed by atoms with Crippen LogP contribution in [0.25, 0.3) is 0 Å². The van der Waals surface area contributed by atoms with E-state index in [1.165, 1.54) is 51.4 Å². The highest BCUT2D eigenvalue weighted by Gasteiger charge is 2.27. The quantitative estimate of drug-likeness (QED) is 0.905. The number of aromatic nitrogens is 2. The maximum Gasteiger partial charge on any atom is 0.243 e. The molecular formula is C16H27N3O. The Morgan fingerprint density at radius 2 is 2.00 bits per heavy atom. The predicted molar refractivity (Wildman–Crippen MR) is 78.5 cm³/mol. The Labute approximate surface area is 121 Å². The molecule has 0 amide bonds. The number of nitrogens with zero attached hydrogens (tertiary/aromatic N) is 2. The van der Waals surface area contributed by atoms with Crippen LogP contribution in [-0.2, 0) is 0 Å². The van der Waals surface area contributed by atoms with E-state index >= 15 is 0 Å². The molecule has 0 aromatic carbocycles. The molecule has 2 heterocycles. The lowest BCUT2D eigenvalue weighted by Crippen LogP contribution is -2.27. The molecule has 4 nitrogen and oxygen atoms in total. The molecule has 4 heteroatoms. The van der Waals surface area contributed by atoms with Crippen LogP contribution in [0, 0.1) is 5.92 Å². The van der Waals surface area contributed by atoms with Crippen molar-refractivity contribution in [3.63, 3.8) is 0 Å². The molecule has 112 valence electrons. The molecule has 0 spiro atoms. The highest BCUT2D eigenvalue weighted by atomic mass is 16.5. The summed E-state index contributed by atoms with van der Waals surface area (Å²) in [5.74, 6) is 3.24. The minimum Gasteiger partial charge on any atom is -0.338 e. The van der Waals surface area contributed by atoms with Crippen LogP contribution in [-0.4, -0.2) is 16.7 Å². The van der Waals surface area contributed by atoms with E-state index in [4.69, 9.17) is 4.52 Å². The van der Waals surface area contributed by atoms with Crippen LogP contribution in [0.2, 0.25) is 0 Å². The fraction of sp³-hybridized carbons (Fsp3) is 0.875. The first-order valence-electron chi connectivity index (χ1n) is 8.43. The molecule has 1 atom stereocenters. The molecule has 0 unspecified atom stereocenters. The second-order valence-electron chi connectivity index (χ2n) is 6.50. The summed E-state index contributed by atoms with van der Waals surface area (Å²) in [7, 11) is 0. The lowest BCUT2D eigenvalue weighted by molar-refractivity contribution is 0.283. The van der Waals surface area contributed by atoms with E-state index in [9.17, 15) is 0 Å². The fourth-order valence-corrected chi connectivity index (χ4v) is 3.73. The van der Waals surface area contributed by atoms with Crippen molar-refractivity contribution in [1.29, 1.82) is 0 Å². The van der Waals surface area contributed by atoms with Gasteiger partial charge in [0.15, 0.2) is 5.82 Å². The normalized spacial score (nSPS) is 31.4. The van der Waals surface area contributed by atoms with Crippen LogP contribution in [0.3, 0.4) is 0 Å². The molecule has 1 N–H and O–H groups in total. The molecule has 1 aromatic heterocycles. The Hall–Kier alpha value is -0.900. The zero-order chi connectivity index (χ0) is 13.8. The van der Waals surface area contributed by atoms with E-state index in [1.54, 1.807) is 0 Å². The fourth-order valence-electron chi connectivity index (χ4n) is 3.73. The lowest BCUT2D eigenvalue weighted by atomic mass is 9.80. The number of rotatable bonds is 4. The van der Waals surface area contributed by atoms with Crippen molar-refractivity contribution >= 4 is 0 Å². The Balaban J connectivity index is 1.57. The zero-order valence-corrected chi connectivity index (χ0v) is 12.6. The first-order chi connectivity index (χ1) is 9.86. The highest BCUT2D eigenvalue weighted by molar-refractivity contribution is 5.01. The van der Waals surface area contributed by atoms with Gasteiger partial charge in [-0.05, 0) is 51.0 Å². The minimum absolute atomic E-state index is 0.293. The van der Waals surface area contributed by atoms with Crippen LogP contribution in [0.5, 0.6) is 0 Å². The van der Waals surface area contributed by atoms with Gasteiger partial charge in [0.05, 0.1) is 6.04 Å². The van der Waals surface area contributed by atoms with Gasteiger partial charge in [0.25, 0.3) is 0 Å². The van der Waals surface area contributed by atoms with Crippen LogP contribution >= 0.6 is 0 Å². The molecule has 1 saturated heterocycles. The topological polar surface area (TPSA) is 51.0 Å². The predicted octanol–water partition coefficient (Wildman–Crippen LogP) is 3.96. The molecule has 1 aliphatic heterocycles. The number of hydrogen-bond acceptors (Lipinski definition) is 4. The molecule has 20 heavy (non-hydrogen) atoms. The van der Waals surface area contributed by atoms with Gasteiger partial charge in [0.2, 0.25) is 5.89 Å². The third-order valence-electron chi connectivity index (χ3n) is 4.97. The average Bonchev–Trinajstić information content (AvgIpc) is 2.99. The third kappa shape index (κ3) is 3.22. The van der Waals surface area contributed by atoms with E-state index in [1.807, 2.05) is 0 Å². The van der Waals surface area contributed by atoms with Crippen molar-refractivity contribution < 1.29 is 4.52 Å².